The maximum absolute atomic E-state index is 13.4. The molecule has 2 N–H and O–H groups in total. The van der Waals surface area contributed by atoms with Crippen molar-refractivity contribution >= 4 is 5.95 Å². The lowest BCUT2D eigenvalue weighted by molar-refractivity contribution is -0.398. The van der Waals surface area contributed by atoms with Crippen molar-refractivity contribution in [3.05, 3.63) is 22.5 Å². The van der Waals surface area contributed by atoms with Crippen molar-refractivity contribution in [2.75, 3.05) is 6.61 Å². The smallest absolute Gasteiger partial charge is 0.394 e. The van der Waals surface area contributed by atoms with Gasteiger partial charge in [-0.1, -0.05) is 4.98 Å². The molecule has 1 fully saturated rings. The Labute approximate surface area is 94.4 Å². The summed E-state index contributed by atoms with van der Waals surface area (Å²) in [6, 6.07) is 0. The number of halogens is 1. The van der Waals surface area contributed by atoms with Crippen LogP contribution in [-0.2, 0) is 4.74 Å². The van der Waals surface area contributed by atoms with Crippen LogP contribution in [-0.4, -0.2) is 49.7 Å². The van der Waals surface area contributed by atoms with Gasteiger partial charge in [0.25, 0.3) is 0 Å². The number of ether oxygens (including phenoxy) is 1. The second kappa shape index (κ2) is 4.35. The van der Waals surface area contributed by atoms with Crippen molar-refractivity contribution in [1.82, 2.24) is 9.55 Å². The number of hydrogen-bond donors (Lipinski definition) is 2. The lowest BCUT2D eigenvalue weighted by Crippen LogP contribution is -2.29. The zero-order valence-corrected chi connectivity index (χ0v) is 8.51. The lowest BCUT2D eigenvalue weighted by atomic mass is 10.1. The molecule has 8 nitrogen and oxygen atoms in total. The summed E-state index contributed by atoms with van der Waals surface area (Å²) >= 11 is 0. The van der Waals surface area contributed by atoms with Gasteiger partial charge in [0.05, 0.1) is 6.61 Å². The minimum absolute atomic E-state index is 0.556. The van der Waals surface area contributed by atoms with E-state index in [1.54, 1.807) is 0 Å². The Bertz CT molecular complexity index is 425. The van der Waals surface area contributed by atoms with E-state index in [9.17, 15) is 19.6 Å². The van der Waals surface area contributed by atoms with Crippen molar-refractivity contribution in [1.29, 1.82) is 0 Å². The molecule has 1 aliphatic heterocycles. The van der Waals surface area contributed by atoms with Crippen LogP contribution in [0, 0.1) is 10.1 Å². The predicted molar refractivity (Wildman–Crippen MR) is 50.8 cm³/mol. The molecular weight excluding hydrogens is 237 g/mol. The first-order chi connectivity index (χ1) is 8.06. The van der Waals surface area contributed by atoms with Crippen LogP contribution < -0.4 is 0 Å². The summed E-state index contributed by atoms with van der Waals surface area (Å²) in [5.74, 6) is -0.556. The maximum atomic E-state index is 13.4. The molecular formula is C8H10FN3O5. The first-order valence-corrected chi connectivity index (χ1v) is 4.82. The molecule has 9 heteroatoms. The van der Waals surface area contributed by atoms with Gasteiger partial charge < -0.3 is 25.1 Å². The number of aliphatic hydroxyl groups excluding tert-OH is 2. The topological polar surface area (TPSA) is 111 Å². The van der Waals surface area contributed by atoms with E-state index >= 15 is 0 Å². The summed E-state index contributed by atoms with van der Waals surface area (Å²) in [6.07, 6.45) is -3.49. The van der Waals surface area contributed by atoms with Gasteiger partial charge in [-0.15, -0.1) is 0 Å². The SMILES string of the molecule is O=[N+]([O-])c1nccn1C1O[C@H](CO)[C@H](F)[C@@H]1O. The molecule has 17 heavy (non-hydrogen) atoms. The zero-order chi connectivity index (χ0) is 12.6. The number of nitro groups is 1. The molecule has 1 aromatic rings. The van der Waals surface area contributed by atoms with Crippen molar-refractivity contribution in [3.8, 4) is 0 Å². The van der Waals surface area contributed by atoms with Crippen LogP contribution in [0.2, 0.25) is 0 Å². The molecule has 1 unspecified atom stereocenters. The van der Waals surface area contributed by atoms with E-state index < -0.39 is 42.1 Å². The summed E-state index contributed by atoms with van der Waals surface area (Å²) in [7, 11) is 0. The first-order valence-electron chi connectivity index (χ1n) is 4.82. The molecule has 0 amide bonds. The van der Waals surface area contributed by atoms with Crippen molar-refractivity contribution in [2.24, 2.45) is 0 Å². The predicted octanol–water partition coefficient (Wildman–Crippen LogP) is -0.620. The molecule has 1 aliphatic rings. The highest BCUT2D eigenvalue weighted by molar-refractivity contribution is 5.09. The van der Waals surface area contributed by atoms with Gasteiger partial charge in [-0.2, -0.15) is 4.57 Å². The second-order valence-electron chi connectivity index (χ2n) is 3.57. The van der Waals surface area contributed by atoms with Crippen molar-refractivity contribution in [2.45, 2.75) is 24.6 Å². The Balaban J connectivity index is 2.29. The van der Waals surface area contributed by atoms with Crippen molar-refractivity contribution in [3.63, 3.8) is 0 Å². The molecule has 0 aromatic carbocycles. The van der Waals surface area contributed by atoms with Crippen LogP contribution in [0.4, 0.5) is 10.3 Å². The molecule has 2 rings (SSSR count). The van der Waals surface area contributed by atoms with Gasteiger partial charge in [0.15, 0.2) is 6.17 Å². The van der Waals surface area contributed by atoms with Gasteiger partial charge in [0.1, 0.15) is 24.6 Å². The largest absolute Gasteiger partial charge is 0.436 e. The summed E-state index contributed by atoms with van der Waals surface area (Å²) < 4.78 is 19.4. The number of hydrogen-bond acceptors (Lipinski definition) is 6. The normalized spacial score (nSPS) is 32.9. The molecule has 0 bridgehead atoms. The summed E-state index contributed by atoms with van der Waals surface area (Å²) in [6.45, 7) is -0.614. The standard InChI is InChI=1S/C8H10FN3O5/c9-5-4(3-13)17-7(6(5)14)11-2-1-10-8(11)12(15)16/h1-2,4-7,13-14H,3H2/t4-,5+,6+,7?/m1/s1. The Kier molecular flexibility index (Phi) is 3.05. The maximum Gasteiger partial charge on any atom is 0.436 e. The highest BCUT2D eigenvalue weighted by atomic mass is 19.1. The molecule has 1 saturated heterocycles. The summed E-state index contributed by atoms with van der Waals surface area (Å²) in [4.78, 5) is 13.3. The van der Waals surface area contributed by atoms with Crippen molar-refractivity contribution < 1.29 is 24.3 Å². The van der Waals surface area contributed by atoms with Crippen LogP contribution in [0.1, 0.15) is 6.23 Å². The van der Waals surface area contributed by atoms with Gasteiger partial charge in [-0.05, 0) is 4.92 Å². The van der Waals surface area contributed by atoms with Gasteiger partial charge in [0.2, 0.25) is 6.23 Å². The molecule has 0 spiro atoms. The van der Waals surface area contributed by atoms with Gasteiger partial charge >= 0.3 is 5.95 Å². The van der Waals surface area contributed by atoms with Crippen LogP contribution >= 0.6 is 0 Å². The number of aliphatic hydroxyl groups is 2. The monoisotopic (exact) mass is 247 g/mol. The second-order valence-corrected chi connectivity index (χ2v) is 3.57. The highest BCUT2D eigenvalue weighted by Gasteiger charge is 2.47. The van der Waals surface area contributed by atoms with E-state index in [0.717, 1.165) is 10.8 Å². The average molecular weight is 247 g/mol. The van der Waals surface area contributed by atoms with E-state index in [4.69, 9.17) is 9.84 Å². The fourth-order valence-electron chi connectivity index (χ4n) is 1.73. The van der Waals surface area contributed by atoms with Crippen LogP contribution in [0.5, 0.6) is 0 Å². The lowest BCUT2D eigenvalue weighted by Gasteiger charge is -2.12. The quantitative estimate of drug-likeness (QED) is 0.544. The third-order valence-electron chi connectivity index (χ3n) is 2.55. The third kappa shape index (κ3) is 1.88. The fourth-order valence-corrected chi connectivity index (χ4v) is 1.73. The minimum Gasteiger partial charge on any atom is -0.394 e. The average Bonchev–Trinajstić information content (AvgIpc) is 2.86. The summed E-state index contributed by atoms with van der Waals surface area (Å²) in [5, 5.41) is 29.0. The minimum atomic E-state index is -1.80. The van der Waals surface area contributed by atoms with E-state index in [1.165, 1.54) is 6.20 Å². The van der Waals surface area contributed by atoms with Gasteiger partial charge in [-0.3, -0.25) is 0 Å². The number of alkyl halides is 1. The fraction of sp³-hybridized carbons (Fsp3) is 0.625. The number of imidazole rings is 1. The van der Waals surface area contributed by atoms with E-state index in [0.29, 0.717) is 0 Å². The Morgan fingerprint density at radius 3 is 2.94 bits per heavy atom. The van der Waals surface area contributed by atoms with E-state index in [-0.39, 0.29) is 0 Å². The van der Waals surface area contributed by atoms with Gasteiger partial charge in [-0.25, -0.2) is 4.39 Å². The molecule has 0 saturated carbocycles. The van der Waals surface area contributed by atoms with Crippen LogP contribution in [0.25, 0.3) is 0 Å². The zero-order valence-electron chi connectivity index (χ0n) is 8.51. The molecule has 4 atom stereocenters. The Hall–Kier alpha value is -1.58. The third-order valence-corrected chi connectivity index (χ3v) is 2.55. The van der Waals surface area contributed by atoms with Crippen LogP contribution in [0.15, 0.2) is 12.4 Å². The van der Waals surface area contributed by atoms with Gasteiger partial charge in [0, 0.05) is 0 Å². The molecule has 0 aliphatic carbocycles. The number of nitrogens with zero attached hydrogens (tertiary/aromatic N) is 3. The van der Waals surface area contributed by atoms with Crippen LogP contribution in [0.3, 0.4) is 0 Å². The highest BCUT2D eigenvalue weighted by Crippen LogP contribution is 2.33. The number of aromatic nitrogens is 2. The summed E-state index contributed by atoms with van der Waals surface area (Å²) in [5.41, 5.74) is 0. The van der Waals surface area contributed by atoms with E-state index in [2.05, 4.69) is 4.98 Å². The number of rotatable bonds is 3. The Morgan fingerprint density at radius 1 is 1.71 bits per heavy atom. The molecule has 94 valence electrons. The first kappa shape index (κ1) is 11.9. The Morgan fingerprint density at radius 2 is 2.41 bits per heavy atom. The molecule has 1 aromatic heterocycles. The van der Waals surface area contributed by atoms with E-state index in [1.807, 2.05) is 0 Å². The molecule has 0 radical (unpaired) electrons. The molecule has 2 heterocycles.